The van der Waals surface area contributed by atoms with Crippen molar-refractivity contribution < 1.29 is 9.90 Å². The molecule has 1 N–H and O–H groups in total. The Morgan fingerprint density at radius 2 is 1.77 bits per heavy atom. The second kappa shape index (κ2) is 4.58. The van der Waals surface area contributed by atoms with Gasteiger partial charge in [0.05, 0.1) is 12.1 Å². The van der Waals surface area contributed by atoms with Gasteiger partial charge in [0.25, 0.3) is 0 Å². The Morgan fingerprint density at radius 1 is 1.31 bits per heavy atom. The van der Waals surface area contributed by atoms with Crippen molar-refractivity contribution in [1.82, 2.24) is 9.80 Å². The van der Waals surface area contributed by atoms with Gasteiger partial charge in [-0.05, 0) is 27.9 Å². The standard InChI is InChI=1S/C9H20N2O2/c1-9(2,13)7-11(5)8(12)6-10(3)4/h13H,6-7H2,1-5H3. The monoisotopic (exact) mass is 188 g/mol. The smallest absolute Gasteiger partial charge is 0.236 e. The van der Waals surface area contributed by atoms with Crippen molar-refractivity contribution >= 4 is 5.91 Å². The van der Waals surface area contributed by atoms with Crippen LogP contribution in [0.25, 0.3) is 0 Å². The predicted octanol–water partition coefficient (Wildman–Crippen LogP) is -0.223. The van der Waals surface area contributed by atoms with Crippen LogP contribution in [0, 0.1) is 0 Å². The third-order valence-electron chi connectivity index (χ3n) is 1.50. The molecule has 4 nitrogen and oxygen atoms in total. The van der Waals surface area contributed by atoms with Crippen LogP contribution in [0.2, 0.25) is 0 Å². The topological polar surface area (TPSA) is 43.8 Å². The van der Waals surface area contributed by atoms with Gasteiger partial charge in [0.2, 0.25) is 5.91 Å². The Balaban J connectivity index is 3.97. The van der Waals surface area contributed by atoms with E-state index in [1.165, 1.54) is 0 Å². The average Bonchev–Trinajstić information content (AvgIpc) is 1.81. The molecule has 0 radical (unpaired) electrons. The molecule has 0 aliphatic rings. The molecule has 0 aliphatic heterocycles. The van der Waals surface area contributed by atoms with Crippen LogP contribution in [-0.2, 0) is 4.79 Å². The van der Waals surface area contributed by atoms with Crippen LogP contribution in [0.5, 0.6) is 0 Å². The van der Waals surface area contributed by atoms with E-state index in [1.807, 2.05) is 19.0 Å². The third kappa shape index (κ3) is 6.54. The highest BCUT2D eigenvalue weighted by Gasteiger charge is 2.19. The highest BCUT2D eigenvalue weighted by molar-refractivity contribution is 5.77. The minimum atomic E-state index is -0.823. The van der Waals surface area contributed by atoms with E-state index < -0.39 is 5.60 Å². The van der Waals surface area contributed by atoms with Crippen molar-refractivity contribution in [1.29, 1.82) is 0 Å². The van der Waals surface area contributed by atoms with Gasteiger partial charge in [-0.2, -0.15) is 0 Å². The van der Waals surface area contributed by atoms with Crippen LogP contribution < -0.4 is 0 Å². The SMILES string of the molecule is CN(C)CC(=O)N(C)CC(C)(C)O. The molecule has 0 bridgehead atoms. The summed E-state index contributed by atoms with van der Waals surface area (Å²) in [5, 5.41) is 9.46. The molecule has 13 heavy (non-hydrogen) atoms. The van der Waals surface area contributed by atoms with Crippen LogP contribution in [0.1, 0.15) is 13.8 Å². The molecular weight excluding hydrogens is 168 g/mol. The van der Waals surface area contributed by atoms with Gasteiger partial charge >= 0.3 is 0 Å². The van der Waals surface area contributed by atoms with Crippen molar-refractivity contribution in [3.8, 4) is 0 Å². The van der Waals surface area contributed by atoms with Crippen LogP contribution in [0.4, 0.5) is 0 Å². The van der Waals surface area contributed by atoms with Crippen LogP contribution >= 0.6 is 0 Å². The van der Waals surface area contributed by atoms with E-state index in [1.54, 1.807) is 25.8 Å². The third-order valence-corrected chi connectivity index (χ3v) is 1.50. The lowest BCUT2D eigenvalue weighted by Gasteiger charge is -2.26. The highest BCUT2D eigenvalue weighted by atomic mass is 16.3. The molecule has 0 aromatic heterocycles. The maximum Gasteiger partial charge on any atom is 0.236 e. The van der Waals surface area contributed by atoms with E-state index in [9.17, 15) is 9.90 Å². The molecule has 0 spiro atoms. The zero-order valence-corrected chi connectivity index (χ0v) is 9.16. The lowest BCUT2D eigenvalue weighted by molar-refractivity contribution is -0.133. The number of hydrogen-bond donors (Lipinski definition) is 1. The molecule has 0 saturated heterocycles. The minimum absolute atomic E-state index is 0.0205. The van der Waals surface area contributed by atoms with Crippen molar-refractivity contribution in [2.45, 2.75) is 19.4 Å². The second-order valence-electron chi connectivity index (χ2n) is 4.30. The number of nitrogens with zero attached hydrogens (tertiary/aromatic N) is 2. The molecule has 0 saturated carbocycles. The number of carbonyl (C=O) groups is 1. The summed E-state index contributed by atoms with van der Waals surface area (Å²) in [6, 6.07) is 0. The molecule has 0 fully saturated rings. The Morgan fingerprint density at radius 3 is 2.08 bits per heavy atom. The second-order valence-corrected chi connectivity index (χ2v) is 4.30. The predicted molar refractivity (Wildman–Crippen MR) is 52.5 cm³/mol. The summed E-state index contributed by atoms with van der Waals surface area (Å²) in [5.41, 5.74) is -0.823. The number of likely N-dealkylation sites (N-methyl/N-ethyl adjacent to an activating group) is 2. The first kappa shape index (κ1) is 12.4. The minimum Gasteiger partial charge on any atom is -0.389 e. The van der Waals surface area contributed by atoms with E-state index >= 15 is 0 Å². The van der Waals surface area contributed by atoms with Gasteiger partial charge in [-0.1, -0.05) is 0 Å². The van der Waals surface area contributed by atoms with Gasteiger partial charge < -0.3 is 14.9 Å². The van der Waals surface area contributed by atoms with Crippen LogP contribution in [0.15, 0.2) is 0 Å². The van der Waals surface area contributed by atoms with Gasteiger partial charge in [0.1, 0.15) is 0 Å². The van der Waals surface area contributed by atoms with Gasteiger partial charge in [0.15, 0.2) is 0 Å². The molecule has 0 aromatic rings. The molecule has 0 unspecified atom stereocenters. The molecule has 0 aliphatic carbocycles. The summed E-state index contributed by atoms with van der Waals surface area (Å²) < 4.78 is 0. The first-order chi connectivity index (χ1) is 5.72. The van der Waals surface area contributed by atoms with E-state index in [0.717, 1.165) is 0 Å². The molecule has 4 heteroatoms. The van der Waals surface area contributed by atoms with Gasteiger partial charge in [-0.25, -0.2) is 0 Å². The fraction of sp³-hybridized carbons (Fsp3) is 0.889. The lowest BCUT2D eigenvalue weighted by atomic mass is 10.1. The Kier molecular flexibility index (Phi) is 4.36. The maximum atomic E-state index is 11.4. The van der Waals surface area contributed by atoms with Gasteiger partial charge in [-0.3, -0.25) is 4.79 Å². The molecular formula is C9H20N2O2. The maximum absolute atomic E-state index is 11.4. The first-order valence-corrected chi connectivity index (χ1v) is 4.33. The average molecular weight is 188 g/mol. The largest absolute Gasteiger partial charge is 0.389 e. The summed E-state index contributed by atoms with van der Waals surface area (Å²) in [5.74, 6) is 0.0205. The fourth-order valence-electron chi connectivity index (χ4n) is 1.06. The number of hydrogen-bond acceptors (Lipinski definition) is 3. The van der Waals surface area contributed by atoms with Crippen molar-refractivity contribution in [3.63, 3.8) is 0 Å². The normalized spacial score (nSPS) is 11.9. The van der Waals surface area contributed by atoms with Crippen molar-refractivity contribution in [2.75, 3.05) is 34.2 Å². The molecule has 1 amide bonds. The summed E-state index contributed by atoms with van der Waals surface area (Å²) in [6.45, 7) is 4.12. The van der Waals surface area contributed by atoms with E-state index in [-0.39, 0.29) is 5.91 Å². The number of rotatable bonds is 4. The number of amides is 1. The Hall–Kier alpha value is -0.610. The zero-order chi connectivity index (χ0) is 10.6. The van der Waals surface area contributed by atoms with Crippen molar-refractivity contribution in [3.05, 3.63) is 0 Å². The van der Waals surface area contributed by atoms with E-state index in [2.05, 4.69) is 0 Å². The fourth-order valence-corrected chi connectivity index (χ4v) is 1.06. The molecule has 0 heterocycles. The molecule has 0 rings (SSSR count). The summed E-state index contributed by atoms with van der Waals surface area (Å²) in [4.78, 5) is 14.8. The van der Waals surface area contributed by atoms with Crippen LogP contribution in [0.3, 0.4) is 0 Å². The lowest BCUT2D eigenvalue weighted by Crippen LogP contribution is -2.43. The number of carbonyl (C=O) groups excluding carboxylic acids is 1. The van der Waals surface area contributed by atoms with Gasteiger partial charge in [0, 0.05) is 13.6 Å². The van der Waals surface area contributed by atoms with E-state index in [4.69, 9.17) is 0 Å². The van der Waals surface area contributed by atoms with E-state index in [0.29, 0.717) is 13.1 Å². The Bertz CT molecular complexity index is 173. The van der Waals surface area contributed by atoms with Crippen molar-refractivity contribution in [2.24, 2.45) is 0 Å². The quantitative estimate of drug-likeness (QED) is 0.663. The summed E-state index contributed by atoms with van der Waals surface area (Å²) in [6.07, 6.45) is 0. The highest BCUT2D eigenvalue weighted by Crippen LogP contribution is 2.03. The first-order valence-electron chi connectivity index (χ1n) is 4.33. The summed E-state index contributed by atoms with van der Waals surface area (Å²) in [7, 11) is 5.38. The molecule has 78 valence electrons. The Labute approximate surface area is 80.1 Å². The van der Waals surface area contributed by atoms with Gasteiger partial charge in [-0.15, -0.1) is 0 Å². The molecule has 0 atom stereocenters. The zero-order valence-electron chi connectivity index (χ0n) is 9.16. The molecule has 0 aromatic carbocycles. The number of aliphatic hydroxyl groups is 1. The summed E-state index contributed by atoms with van der Waals surface area (Å²) >= 11 is 0. The van der Waals surface area contributed by atoms with Crippen LogP contribution in [-0.4, -0.2) is 60.6 Å².